The Balaban J connectivity index is 1.50. The van der Waals surface area contributed by atoms with Gasteiger partial charge in [-0.3, -0.25) is 29.6 Å². The number of carbonyl (C=O) groups excluding carboxylic acids is 4. The number of hydrogen-bond donors (Lipinski definition) is 2. The van der Waals surface area contributed by atoms with Crippen molar-refractivity contribution in [1.82, 2.24) is 10.4 Å². The van der Waals surface area contributed by atoms with Gasteiger partial charge in [-0.25, -0.2) is 0 Å². The second-order valence-electron chi connectivity index (χ2n) is 7.30. The minimum absolute atomic E-state index is 0.0491. The van der Waals surface area contributed by atoms with Crippen molar-refractivity contribution in [3.05, 3.63) is 64.2 Å². The van der Waals surface area contributed by atoms with Crippen LogP contribution < -0.4 is 10.7 Å². The summed E-state index contributed by atoms with van der Waals surface area (Å²) in [7, 11) is 0. The van der Waals surface area contributed by atoms with Crippen LogP contribution in [0.2, 0.25) is 5.02 Å². The van der Waals surface area contributed by atoms with E-state index in [4.69, 9.17) is 16.3 Å². The number of carbonyl (C=O) groups is 4. The number of benzene rings is 2. The number of rotatable bonds is 6. The summed E-state index contributed by atoms with van der Waals surface area (Å²) in [5.74, 6) is -2.93. The maximum atomic E-state index is 12.3. The molecular formula is C22H22ClN3O5. The van der Waals surface area contributed by atoms with Gasteiger partial charge in [0.15, 0.2) is 6.61 Å². The van der Waals surface area contributed by atoms with E-state index in [2.05, 4.69) is 10.7 Å². The average molecular weight is 444 g/mol. The summed E-state index contributed by atoms with van der Waals surface area (Å²) < 4.78 is 5.07. The molecule has 0 saturated carbocycles. The van der Waals surface area contributed by atoms with E-state index in [0.717, 1.165) is 16.1 Å². The molecular weight excluding hydrogens is 422 g/mol. The standard InChI is InChI=1S/C22H22ClN3O5/c1-13-7-8-18(14(2)9-13)24-19(27)12-31-22(30)15-10-20(28)26(11-15)25-21(29)16-5-3-4-6-17(16)23/h3-9,15H,10-12H2,1-2H3,(H,24,27)(H,25,29)/t15-/m1/s1. The van der Waals surface area contributed by atoms with E-state index >= 15 is 0 Å². The van der Waals surface area contributed by atoms with Gasteiger partial charge in [-0.1, -0.05) is 41.4 Å². The Morgan fingerprint density at radius 3 is 2.61 bits per heavy atom. The number of anilines is 1. The number of halogens is 1. The molecule has 3 amide bonds. The fraction of sp³-hybridized carbons (Fsp3) is 0.273. The Bertz CT molecular complexity index is 1040. The Morgan fingerprint density at radius 1 is 1.16 bits per heavy atom. The predicted octanol–water partition coefficient (Wildman–Crippen LogP) is 2.63. The second kappa shape index (κ2) is 9.61. The molecule has 2 aromatic rings. The van der Waals surface area contributed by atoms with Gasteiger partial charge in [-0.05, 0) is 37.6 Å². The van der Waals surface area contributed by atoms with Gasteiger partial charge in [-0.2, -0.15) is 0 Å². The topological polar surface area (TPSA) is 105 Å². The second-order valence-corrected chi connectivity index (χ2v) is 7.71. The van der Waals surface area contributed by atoms with Crippen LogP contribution in [0, 0.1) is 19.8 Å². The zero-order valence-electron chi connectivity index (χ0n) is 17.1. The monoisotopic (exact) mass is 443 g/mol. The van der Waals surface area contributed by atoms with Crippen LogP contribution in [0.1, 0.15) is 27.9 Å². The molecule has 2 aromatic carbocycles. The molecule has 31 heavy (non-hydrogen) atoms. The van der Waals surface area contributed by atoms with E-state index in [1.165, 1.54) is 6.07 Å². The van der Waals surface area contributed by atoms with E-state index in [1.807, 2.05) is 26.0 Å². The van der Waals surface area contributed by atoms with Crippen LogP contribution in [0.25, 0.3) is 0 Å². The maximum absolute atomic E-state index is 12.3. The number of ether oxygens (including phenoxy) is 1. The fourth-order valence-electron chi connectivity index (χ4n) is 3.20. The molecule has 1 fully saturated rings. The summed E-state index contributed by atoms with van der Waals surface area (Å²) in [6.45, 7) is 3.29. The van der Waals surface area contributed by atoms with E-state index in [9.17, 15) is 19.2 Å². The number of hydrazine groups is 1. The van der Waals surface area contributed by atoms with Crippen molar-refractivity contribution in [3.63, 3.8) is 0 Å². The normalized spacial score (nSPS) is 15.5. The van der Waals surface area contributed by atoms with E-state index < -0.39 is 36.2 Å². The van der Waals surface area contributed by atoms with Crippen LogP contribution in [0.3, 0.4) is 0 Å². The molecule has 1 heterocycles. The number of nitrogens with zero attached hydrogens (tertiary/aromatic N) is 1. The third-order valence-electron chi connectivity index (χ3n) is 4.81. The number of nitrogens with one attached hydrogen (secondary N) is 2. The summed E-state index contributed by atoms with van der Waals surface area (Å²) in [6.07, 6.45) is -0.125. The molecule has 1 atom stereocenters. The molecule has 1 aliphatic rings. The Labute approximate surface area is 184 Å². The van der Waals surface area contributed by atoms with Crippen LogP contribution in [-0.2, 0) is 19.1 Å². The van der Waals surface area contributed by atoms with Crippen molar-refractivity contribution in [2.75, 3.05) is 18.5 Å². The highest BCUT2D eigenvalue weighted by Crippen LogP contribution is 2.20. The van der Waals surface area contributed by atoms with Gasteiger partial charge >= 0.3 is 5.97 Å². The minimum atomic E-state index is -0.784. The van der Waals surface area contributed by atoms with Crippen LogP contribution in [0.15, 0.2) is 42.5 Å². The van der Waals surface area contributed by atoms with Gasteiger partial charge in [0.05, 0.1) is 23.0 Å². The third-order valence-corrected chi connectivity index (χ3v) is 5.14. The molecule has 0 radical (unpaired) electrons. The lowest BCUT2D eigenvalue weighted by Crippen LogP contribution is -2.43. The Kier molecular flexibility index (Phi) is 6.91. The minimum Gasteiger partial charge on any atom is -0.455 e. The van der Waals surface area contributed by atoms with Crippen LogP contribution >= 0.6 is 11.6 Å². The number of amides is 3. The van der Waals surface area contributed by atoms with Crippen LogP contribution in [0.4, 0.5) is 5.69 Å². The fourth-order valence-corrected chi connectivity index (χ4v) is 3.42. The van der Waals surface area contributed by atoms with Gasteiger partial charge in [0.2, 0.25) is 5.91 Å². The van der Waals surface area contributed by atoms with Gasteiger partial charge in [0, 0.05) is 12.1 Å². The SMILES string of the molecule is Cc1ccc(NC(=O)COC(=O)[C@@H]2CC(=O)N(NC(=O)c3ccccc3Cl)C2)c(C)c1. The number of hydrogen-bond acceptors (Lipinski definition) is 5. The summed E-state index contributed by atoms with van der Waals surface area (Å²) >= 11 is 5.99. The van der Waals surface area contributed by atoms with Crippen molar-refractivity contribution in [2.45, 2.75) is 20.3 Å². The van der Waals surface area contributed by atoms with Gasteiger partial charge in [0.25, 0.3) is 11.8 Å². The summed E-state index contributed by atoms with van der Waals surface area (Å²) in [4.78, 5) is 48.9. The van der Waals surface area contributed by atoms with Gasteiger partial charge in [-0.15, -0.1) is 0 Å². The summed E-state index contributed by atoms with van der Waals surface area (Å²) in [5, 5.41) is 4.00. The van der Waals surface area contributed by atoms with Crippen molar-refractivity contribution in [3.8, 4) is 0 Å². The third kappa shape index (κ3) is 5.61. The molecule has 1 aliphatic heterocycles. The molecule has 0 aliphatic carbocycles. The highest BCUT2D eigenvalue weighted by Gasteiger charge is 2.37. The van der Waals surface area contributed by atoms with Crippen molar-refractivity contribution in [1.29, 1.82) is 0 Å². The van der Waals surface area contributed by atoms with Gasteiger partial charge < -0.3 is 10.1 Å². The zero-order chi connectivity index (χ0) is 22.5. The first kappa shape index (κ1) is 22.3. The van der Waals surface area contributed by atoms with Crippen LogP contribution in [-0.4, -0.2) is 41.9 Å². The number of aryl methyl sites for hydroxylation is 2. The summed E-state index contributed by atoms with van der Waals surface area (Å²) in [5.41, 5.74) is 5.26. The molecule has 0 spiro atoms. The largest absolute Gasteiger partial charge is 0.455 e. The lowest BCUT2D eigenvalue weighted by atomic mass is 10.1. The van der Waals surface area contributed by atoms with Crippen molar-refractivity contribution < 1.29 is 23.9 Å². The molecule has 2 N–H and O–H groups in total. The first-order valence-corrected chi connectivity index (χ1v) is 10.0. The van der Waals surface area contributed by atoms with Gasteiger partial charge in [0.1, 0.15) is 0 Å². The quantitative estimate of drug-likeness (QED) is 0.668. The highest BCUT2D eigenvalue weighted by atomic mass is 35.5. The highest BCUT2D eigenvalue weighted by molar-refractivity contribution is 6.33. The van der Waals surface area contributed by atoms with Crippen molar-refractivity contribution in [2.24, 2.45) is 5.92 Å². The van der Waals surface area contributed by atoms with Crippen LogP contribution in [0.5, 0.6) is 0 Å². The smallest absolute Gasteiger partial charge is 0.311 e. The Morgan fingerprint density at radius 2 is 1.90 bits per heavy atom. The maximum Gasteiger partial charge on any atom is 0.311 e. The molecule has 0 unspecified atom stereocenters. The van der Waals surface area contributed by atoms with E-state index in [1.54, 1.807) is 24.3 Å². The molecule has 9 heteroatoms. The van der Waals surface area contributed by atoms with E-state index in [0.29, 0.717) is 5.69 Å². The molecule has 162 valence electrons. The Hall–Kier alpha value is -3.39. The molecule has 1 saturated heterocycles. The first-order valence-electron chi connectivity index (χ1n) is 9.64. The summed E-state index contributed by atoms with van der Waals surface area (Å²) in [6, 6.07) is 12.0. The lowest BCUT2D eigenvalue weighted by molar-refractivity contribution is -0.151. The molecule has 8 nitrogen and oxygen atoms in total. The molecule has 3 rings (SSSR count). The van der Waals surface area contributed by atoms with Crippen molar-refractivity contribution >= 4 is 41.0 Å². The molecule has 0 aromatic heterocycles. The average Bonchev–Trinajstić information content (AvgIpc) is 3.09. The predicted molar refractivity (Wildman–Crippen MR) is 114 cm³/mol. The van der Waals surface area contributed by atoms with E-state index in [-0.39, 0.29) is 23.6 Å². The number of esters is 1. The lowest BCUT2D eigenvalue weighted by Gasteiger charge is -2.18. The molecule has 0 bridgehead atoms. The first-order chi connectivity index (χ1) is 14.7. The zero-order valence-corrected chi connectivity index (χ0v) is 17.9.